The molecule has 0 saturated carbocycles. The zero-order valence-corrected chi connectivity index (χ0v) is 4.69. The molecule has 0 rings (SSSR count). The molecule has 0 atom stereocenters. The van der Waals surface area contributed by atoms with Gasteiger partial charge in [0.15, 0.2) is 0 Å². The average molecular weight is 91.8 g/mol. The molecule has 0 saturated heterocycles. The fourth-order valence-electron chi connectivity index (χ4n) is 0.407. The van der Waals surface area contributed by atoms with Gasteiger partial charge in [-0.3, -0.25) is 0 Å². The Morgan fingerprint density at radius 3 is 1.86 bits per heavy atom. The highest BCUT2D eigenvalue weighted by atomic mass is 13.4. The minimum Gasteiger partial charge on any atom is -0.127 e. The van der Waals surface area contributed by atoms with Crippen molar-refractivity contribution >= 4 is 14.6 Å². The highest BCUT2D eigenvalue weighted by Crippen LogP contribution is 1.73. The van der Waals surface area contributed by atoms with Crippen LogP contribution in [0.4, 0.5) is 0 Å². The van der Waals surface area contributed by atoms with Crippen molar-refractivity contribution in [3.05, 3.63) is 25.1 Å². The highest BCUT2D eigenvalue weighted by molar-refractivity contribution is 6.61. The first-order valence-corrected chi connectivity index (χ1v) is 2.63. The SMILES string of the molecule is C=CBCBC=C. The van der Waals surface area contributed by atoms with Crippen LogP contribution in [0.2, 0.25) is 6.22 Å². The van der Waals surface area contributed by atoms with Crippen LogP contribution >= 0.6 is 0 Å². The van der Waals surface area contributed by atoms with E-state index in [2.05, 4.69) is 13.2 Å². The molecule has 0 aromatic rings. The summed E-state index contributed by atoms with van der Waals surface area (Å²) in [5.74, 6) is 3.87. The Bertz CT molecular complexity index is 51.1. The van der Waals surface area contributed by atoms with E-state index in [0.717, 1.165) is 14.6 Å². The monoisotopic (exact) mass is 92.1 g/mol. The Labute approximate surface area is 46.8 Å². The molecule has 0 radical (unpaired) electrons. The predicted octanol–water partition coefficient (Wildman–Crippen LogP) is 0.522. The Kier molecular flexibility index (Phi) is 5.30. The Balaban J connectivity index is 2.68. The molecule has 0 N–H and O–H groups in total. The lowest BCUT2D eigenvalue weighted by Crippen LogP contribution is -1.89. The number of rotatable bonds is 4. The van der Waals surface area contributed by atoms with Crippen molar-refractivity contribution in [2.45, 2.75) is 6.22 Å². The Morgan fingerprint density at radius 2 is 1.57 bits per heavy atom. The molecule has 0 aliphatic heterocycles. The molecule has 0 nitrogen and oxygen atoms in total. The van der Waals surface area contributed by atoms with Crippen molar-refractivity contribution in [3.63, 3.8) is 0 Å². The third kappa shape index (κ3) is 5.61. The Morgan fingerprint density at radius 1 is 1.14 bits per heavy atom. The van der Waals surface area contributed by atoms with E-state index >= 15 is 0 Å². The van der Waals surface area contributed by atoms with Crippen molar-refractivity contribution in [2.75, 3.05) is 0 Å². The summed E-state index contributed by atoms with van der Waals surface area (Å²) in [5.41, 5.74) is 0. The molecule has 0 amide bonds. The topological polar surface area (TPSA) is 0 Å². The van der Waals surface area contributed by atoms with Gasteiger partial charge in [-0.05, 0) is 0 Å². The zero-order chi connectivity index (χ0) is 5.54. The van der Waals surface area contributed by atoms with E-state index in [1.54, 1.807) is 0 Å². The molecule has 0 aromatic heterocycles. The van der Waals surface area contributed by atoms with Crippen LogP contribution in [0.1, 0.15) is 0 Å². The van der Waals surface area contributed by atoms with E-state index in [4.69, 9.17) is 0 Å². The van der Waals surface area contributed by atoms with E-state index < -0.39 is 0 Å². The molecule has 2 heteroatoms. The average Bonchev–Trinajstić information content (AvgIpc) is 1.69. The first-order valence-electron chi connectivity index (χ1n) is 2.63. The summed E-state index contributed by atoms with van der Waals surface area (Å²) in [6.45, 7) is 7.20. The van der Waals surface area contributed by atoms with Gasteiger partial charge in [-0.15, -0.1) is 25.1 Å². The van der Waals surface area contributed by atoms with Crippen molar-refractivity contribution in [1.29, 1.82) is 0 Å². The van der Waals surface area contributed by atoms with Crippen LogP contribution in [-0.2, 0) is 0 Å². The smallest absolute Gasteiger partial charge is 0.127 e. The predicted molar refractivity (Wildman–Crippen MR) is 39.5 cm³/mol. The zero-order valence-electron chi connectivity index (χ0n) is 4.69. The fourth-order valence-corrected chi connectivity index (χ4v) is 0.407. The molecule has 0 fully saturated rings. The molecule has 0 aliphatic carbocycles. The summed E-state index contributed by atoms with van der Waals surface area (Å²) in [4.78, 5) is 0. The van der Waals surface area contributed by atoms with E-state index in [1.807, 2.05) is 12.0 Å². The molecular weight excluding hydrogens is 81.7 g/mol. The lowest BCUT2D eigenvalue weighted by molar-refractivity contribution is 2.00. The number of hydrogen-bond acceptors (Lipinski definition) is 0. The third-order valence-electron chi connectivity index (χ3n) is 0.816. The van der Waals surface area contributed by atoms with Crippen LogP contribution in [0.5, 0.6) is 0 Å². The molecule has 0 aliphatic rings. The van der Waals surface area contributed by atoms with Gasteiger partial charge in [-0.2, -0.15) is 0 Å². The first kappa shape index (κ1) is 6.61. The first-order chi connectivity index (χ1) is 3.41. The van der Waals surface area contributed by atoms with Crippen LogP contribution in [0, 0.1) is 0 Å². The molecular formula is C5H10B2. The second kappa shape index (κ2) is 5.61. The number of hydrogen-bond donors (Lipinski definition) is 0. The Hall–Kier alpha value is -0.390. The maximum absolute atomic E-state index is 3.60. The van der Waals surface area contributed by atoms with Gasteiger partial charge in [0.05, 0.1) is 0 Å². The second-order valence-corrected chi connectivity index (χ2v) is 1.51. The molecule has 0 unspecified atom stereocenters. The summed E-state index contributed by atoms with van der Waals surface area (Å²) in [5, 5.41) is 0. The van der Waals surface area contributed by atoms with E-state index in [0.29, 0.717) is 0 Å². The van der Waals surface area contributed by atoms with Crippen LogP contribution in [0.15, 0.2) is 25.1 Å². The summed E-state index contributed by atoms with van der Waals surface area (Å²) >= 11 is 0. The standard InChI is InChI=1S/C5H10B2/c1-3-6-5-7-4-2/h3-4,6-7H,1-2,5H2. The maximum Gasteiger partial charge on any atom is 0.140 e. The van der Waals surface area contributed by atoms with Gasteiger partial charge in [-0.1, -0.05) is 6.22 Å². The van der Waals surface area contributed by atoms with Crippen molar-refractivity contribution in [2.24, 2.45) is 0 Å². The lowest BCUT2D eigenvalue weighted by Gasteiger charge is -1.78. The van der Waals surface area contributed by atoms with Crippen molar-refractivity contribution in [3.8, 4) is 0 Å². The van der Waals surface area contributed by atoms with E-state index in [9.17, 15) is 0 Å². The normalized spacial score (nSPS) is 6.86. The summed E-state index contributed by atoms with van der Waals surface area (Å²) in [6.07, 6.45) is 1.20. The molecule has 36 valence electrons. The minimum atomic E-state index is 1.12. The molecule has 0 spiro atoms. The van der Waals surface area contributed by atoms with Gasteiger partial charge in [0.2, 0.25) is 0 Å². The molecule has 0 heterocycles. The van der Waals surface area contributed by atoms with Crippen molar-refractivity contribution < 1.29 is 0 Å². The van der Waals surface area contributed by atoms with Gasteiger partial charge in [0.25, 0.3) is 0 Å². The lowest BCUT2D eigenvalue weighted by atomic mass is 9.55. The van der Waals surface area contributed by atoms with Crippen molar-refractivity contribution in [1.82, 2.24) is 0 Å². The van der Waals surface area contributed by atoms with Gasteiger partial charge in [0.1, 0.15) is 14.6 Å². The van der Waals surface area contributed by atoms with E-state index in [-0.39, 0.29) is 0 Å². The van der Waals surface area contributed by atoms with Gasteiger partial charge < -0.3 is 0 Å². The van der Waals surface area contributed by atoms with Crippen LogP contribution in [0.3, 0.4) is 0 Å². The fraction of sp³-hybridized carbons (Fsp3) is 0.200. The van der Waals surface area contributed by atoms with Crippen LogP contribution < -0.4 is 0 Å². The molecule has 0 bridgehead atoms. The van der Waals surface area contributed by atoms with Gasteiger partial charge >= 0.3 is 0 Å². The van der Waals surface area contributed by atoms with Gasteiger partial charge in [-0.25, -0.2) is 0 Å². The highest BCUT2D eigenvalue weighted by Gasteiger charge is 1.80. The minimum absolute atomic E-state index is 1.12. The summed E-state index contributed by atoms with van der Waals surface area (Å²) < 4.78 is 0. The van der Waals surface area contributed by atoms with Crippen LogP contribution in [-0.4, -0.2) is 14.6 Å². The maximum atomic E-state index is 3.60. The quantitative estimate of drug-likeness (QED) is 0.350. The second-order valence-electron chi connectivity index (χ2n) is 1.51. The van der Waals surface area contributed by atoms with Gasteiger partial charge in [0, 0.05) is 0 Å². The van der Waals surface area contributed by atoms with E-state index in [1.165, 1.54) is 6.22 Å². The molecule has 0 aromatic carbocycles. The summed E-state index contributed by atoms with van der Waals surface area (Å²) in [6, 6.07) is 0. The van der Waals surface area contributed by atoms with Crippen LogP contribution in [0.25, 0.3) is 0 Å². The molecule has 7 heavy (non-hydrogen) atoms. The largest absolute Gasteiger partial charge is 0.140 e. The third-order valence-corrected chi connectivity index (χ3v) is 0.816. The summed E-state index contributed by atoms with van der Waals surface area (Å²) in [7, 11) is 2.23.